The van der Waals surface area contributed by atoms with Crippen LogP contribution in [0.5, 0.6) is 0 Å². The highest BCUT2D eigenvalue weighted by Gasteiger charge is 2.28. The minimum absolute atomic E-state index is 0.0528. The van der Waals surface area contributed by atoms with E-state index in [1.165, 1.54) is 35.2 Å². The Morgan fingerprint density at radius 1 is 1.07 bits per heavy atom. The van der Waals surface area contributed by atoms with E-state index in [0.29, 0.717) is 16.7 Å². The molecule has 0 aliphatic carbocycles. The minimum atomic E-state index is -0.615. The van der Waals surface area contributed by atoms with Gasteiger partial charge in [0.05, 0.1) is 11.7 Å². The van der Waals surface area contributed by atoms with Crippen LogP contribution in [0.1, 0.15) is 10.6 Å². The van der Waals surface area contributed by atoms with Crippen LogP contribution in [0.25, 0.3) is 22.5 Å². The van der Waals surface area contributed by atoms with Gasteiger partial charge in [-0.2, -0.15) is 0 Å². The first-order chi connectivity index (χ1) is 13.8. The number of amides is 2. The fourth-order valence-electron chi connectivity index (χ4n) is 3.04. The van der Waals surface area contributed by atoms with E-state index in [9.17, 15) is 18.4 Å². The molecule has 4 rings (SSSR count). The normalized spacial score (nSPS) is 13.7. The Morgan fingerprint density at radius 3 is 2.52 bits per heavy atom. The lowest BCUT2D eigenvalue weighted by atomic mass is 10.0. The summed E-state index contributed by atoms with van der Waals surface area (Å²) in [4.78, 5) is 25.4. The van der Waals surface area contributed by atoms with Gasteiger partial charge in [-0.1, -0.05) is 23.2 Å². The fraction of sp³-hybridized carbons (Fsp3) is 0.100. The van der Waals surface area contributed by atoms with Crippen LogP contribution in [-0.4, -0.2) is 29.9 Å². The molecule has 1 aromatic heterocycles. The standard InChI is InChI=1S/C20H12Cl2F2N2O3/c21-12-3-11(4-13(23)6-12)14-7-17(20(28)26-8-18(27)25-9-26)29-19(14)10-1-2-16(24)15(22)5-10/h1-7H,8-9H2,(H,25,27). The zero-order valence-electron chi connectivity index (χ0n) is 14.6. The molecule has 1 N–H and O–H groups in total. The molecule has 2 aromatic carbocycles. The number of halogens is 4. The second-order valence-electron chi connectivity index (χ2n) is 6.40. The Labute approximate surface area is 173 Å². The lowest BCUT2D eigenvalue weighted by Crippen LogP contribution is -2.29. The molecule has 2 amide bonds. The molecule has 1 aliphatic heterocycles. The quantitative estimate of drug-likeness (QED) is 0.645. The topological polar surface area (TPSA) is 62.6 Å². The Morgan fingerprint density at radius 2 is 1.86 bits per heavy atom. The van der Waals surface area contributed by atoms with E-state index in [0.717, 1.165) is 12.1 Å². The fourth-order valence-corrected chi connectivity index (χ4v) is 3.44. The van der Waals surface area contributed by atoms with Gasteiger partial charge in [0, 0.05) is 16.1 Å². The highest BCUT2D eigenvalue weighted by Crippen LogP contribution is 2.38. The zero-order valence-corrected chi connectivity index (χ0v) is 16.2. The van der Waals surface area contributed by atoms with Gasteiger partial charge in [-0.05, 0) is 48.0 Å². The van der Waals surface area contributed by atoms with Crippen LogP contribution in [0, 0.1) is 11.6 Å². The van der Waals surface area contributed by atoms with E-state index in [1.807, 2.05) is 0 Å². The van der Waals surface area contributed by atoms with Crippen molar-refractivity contribution in [3.8, 4) is 22.5 Å². The van der Waals surface area contributed by atoms with Gasteiger partial charge >= 0.3 is 0 Å². The number of hydrogen-bond acceptors (Lipinski definition) is 3. The molecule has 1 fully saturated rings. The molecule has 9 heteroatoms. The van der Waals surface area contributed by atoms with Crippen molar-refractivity contribution in [2.24, 2.45) is 0 Å². The van der Waals surface area contributed by atoms with Gasteiger partial charge in [-0.25, -0.2) is 8.78 Å². The molecule has 1 saturated heterocycles. The average molecular weight is 437 g/mol. The van der Waals surface area contributed by atoms with E-state index in [4.69, 9.17) is 27.6 Å². The lowest BCUT2D eigenvalue weighted by molar-refractivity contribution is -0.118. The monoisotopic (exact) mass is 436 g/mol. The van der Waals surface area contributed by atoms with Crippen molar-refractivity contribution in [3.63, 3.8) is 0 Å². The van der Waals surface area contributed by atoms with Crippen LogP contribution < -0.4 is 5.32 Å². The first-order valence-electron chi connectivity index (χ1n) is 8.43. The summed E-state index contributed by atoms with van der Waals surface area (Å²) in [5.41, 5.74) is 1.13. The van der Waals surface area contributed by atoms with Crippen molar-refractivity contribution in [3.05, 3.63) is 69.9 Å². The van der Waals surface area contributed by atoms with E-state index in [2.05, 4.69) is 5.32 Å². The van der Waals surface area contributed by atoms with Gasteiger partial charge in [0.25, 0.3) is 5.91 Å². The first-order valence-corrected chi connectivity index (χ1v) is 9.19. The molecule has 0 unspecified atom stereocenters. The summed E-state index contributed by atoms with van der Waals surface area (Å²) in [5, 5.41) is 2.56. The summed E-state index contributed by atoms with van der Waals surface area (Å²) in [6.07, 6.45) is 0. The number of rotatable bonds is 3. The Bertz CT molecular complexity index is 1130. The molecule has 0 radical (unpaired) electrons. The highest BCUT2D eigenvalue weighted by atomic mass is 35.5. The smallest absolute Gasteiger partial charge is 0.291 e. The molecular formula is C20H12Cl2F2N2O3. The van der Waals surface area contributed by atoms with Gasteiger partial charge in [0.1, 0.15) is 23.9 Å². The minimum Gasteiger partial charge on any atom is -0.450 e. The first kappa shape index (κ1) is 19.4. The Balaban J connectivity index is 1.85. The van der Waals surface area contributed by atoms with Crippen molar-refractivity contribution in [1.82, 2.24) is 10.2 Å². The third-order valence-electron chi connectivity index (χ3n) is 4.39. The number of furan rings is 1. The van der Waals surface area contributed by atoms with Gasteiger partial charge < -0.3 is 14.6 Å². The van der Waals surface area contributed by atoms with Crippen molar-refractivity contribution < 1.29 is 22.8 Å². The lowest BCUT2D eigenvalue weighted by Gasteiger charge is -2.10. The third kappa shape index (κ3) is 3.83. The average Bonchev–Trinajstić information content (AvgIpc) is 3.29. The number of nitrogens with one attached hydrogen (secondary N) is 1. The number of benzene rings is 2. The molecule has 29 heavy (non-hydrogen) atoms. The summed E-state index contributed by atoms with van der Waals surface area (Å²) in [6.45, 7) is -0.0461. The summed E-state index contributed by atoms with van der Waals surface area (Å²) >= 11 is 11.9. The third-order valence-corrected chi connectivity index (χ3v) is 4.89. The SMILES string of the molecule is O=C1CN(C(=O)c2cc(-c3cc(F)cc(Cl)c3)c(-c3ccc(F)c(Cl)c3)o2)CN1. The zero-order chi connectivity index (χ0) is 20.7. The summed E-state index contributed by atoms with van der Waals surface area (Å²) in [5.74, 6) is -1.86. The molecule has 0 bridgehead atoms. The molecule has 2 heterocycles. The van der Waals surface area contributed by atoms with Crippen LogP contribution in [0.4, 0.5) is 8.78 Å². The van der Waals surface area contributed by atoms with Crippen molar-refractivity contribution in [2.45, 2.75) is 0 Å². The summed E-state index contributed by atoms with van der Waals surface area (Å²) < 4.78 is 33.3. The van der Waals surface area contributed by atoms with Gasteiger partial charge in [0.2, 0.25) is 5.91 Å². The van der Waals surface area contributed by atoms with Crippen molar-refractivity contribution in [1.29, 1.82) is 0 Å². The van der Waals surface area contributed by atoms with E-state index in [1.54, 1.807) is 0 Å². The number of carbonyl (C=O) groups excluding carboxylic acids is 2. The van der Waals surface area contributed by atoms with E-state index < -0.39 is 17.5 Å². The summed E-state index contributed by atoms with van der Waals surface area (Å²) in [6, 6.07) is 9.26. The Hall–Kier alpha value is -2.90. The second-order valence-corrected chi connectivity index (χ2v) is 7.25. The van der Waals surface area contributed by atoms with Crippen LogP contribution in [0.15, 0.2) is 46.9 Å². The van der Waals surface area contributed by atoms with Crippen LogP contribution >= 0.6 is 23.2 Å². The second kappa shape index (κ2) is 7.50. The molecule has 0 saturated carbocycles. The predicted octanol–water partition coefficient (Wildman–Crippen LogP) is 4.73. The molecule has 148 valence electrons. The largest absolute Gasteiger partial charge is 0.450 e. The summed E-state index contributed by atoms with van der Waals surface area (Å²) in [7, 11) is 0. The van der Waals surface area contributed by atoms with Gasteiger partial charge in [0.15, 0.2) is 5.76 Å². The number of nitrogens with zero attached hydrogens (tertiary/aromatic N) is 1. The molecule has 0 atom stereocenters. The number of hydrogen-bond donors (Lipinski definition) is 1. The van der Waals surface area contributed by atoms with Crippen LogP contribution in [0.2, 0.25) is 10.0 Å². The molecule has 1 aliphatic rings. The van der Waals surface area contributed by atoms with Crippen LogP contribution in [-0.2, 0) is 4.79 Å². The molecule has 0 spiro atoms. The predicted molar refractivity (Wildman–Crippen MR) is 104 cm³/mol. The van der Waals surface area contributed by atoms with Gasteiger partial charge in [-0.3, -0.25) is 9.59 Å². The van der Waals surface area contributed by atoms with Crippen molar-refractivity contribution >= 4 is 35.0 Å². The molecule has 3 aromatic rings. The molecular weight excluding hydrogens is 425 g/mol. The maximum atomic E-state index is 13.9. The van der Waals surface area contributed by atoms with E-state index >= 15 is 0 Å². The van der Waals surface area contributed by atoms with Crippen LogP contribution in [0.3, 0.4) is 0 Å². The molecule has 5 nitrogen and oxygen atoms in total. The maximum Gasteiger partial charge on any atom is 0.291 e. The number of carbonyl (C=O) groups is 2. The Kier molecular flexibility index (Phi) is 5.02. The van der Waals surface area contributed by atoms with E-state index in [-0.39, 0.29) is 40.7 Å². The maximum absolute atomic E-state index is 13.9. The van der Waals surface area contributed by atoms with Gasteiger partial charge in [-0.15, -0.1) is 0 Å². The van der Waals surface area contributed by atoms with Crippen molar-refractivity contribution in [2.75, 3.05) is 13.2 Å². The highest BCUT2D eigenvalue weighted by molar-refractivity contribution is 6.31.